The summed E-state index contributed by atoms with van der Waals surface area (Å²) < 4.78 is 10.9. The van der Waals surface area contributed by atoms with E-state index in [4.69, 9.17) is 21.4 Å². The number of ether oxygens (including phenoxy) is 1. The quantitative estimate of drug-likeness (QED) is 0.769. The number of aromatic nitrogens is 1. The van der Waals surface area contributed by atoms with Crippen molar-refractivity contribution in [2.75, 3.05) is 7.11 Å². The first-order chi connectivity index (χ1) is 8.61. The molecular weight excluding hydrogens is 254 g/mol. The van der Waals surface area contributed by atoms with Crippen LogP contribution in [0.1, 0.15) is 0 Å². The van der Waals surface area contributed by atoms with Crippen molar-refractivity contribution in [3.8, 4) is 11.4 Å². The van der Waals surface area contributed by atoms with Crippen LogP contribution in [0.2, 0.25) is 0 Å². The summed E-state index contributed by atoms with van der Waals surface area (Å²) in [5.41, 5.74) is -0.592. The zero-order valence-electron chi connectivity index (χ0n) is 9.45. The Morgan fingerprint density at radius 1 is 1.11 bits per heavy atom. The molecule has 0 aliphatic carbocycles. The van der Waals surface area contributed by atoms with Gasteiger partial charge in [-0.2, -0.15) is 0 Å². The highest BCUT2D eigenvalue weighted by Gasteiger charge is 2.02. The normalized spacial score (nSPS) is 10.1. The lowest BCUT2D eigenvalue weighted by molar-refractivity contribution is 0.414. The van der Waals surface area contributed by atoms with Crippen molar-refractivity contribution in [2.45, 2.75) is 0 Å². The summed E-state index contributed by atoms with van der Waals surface area (Å²) in [4.78, 5) is 22.7. The molecule has 0 amide bonds. The molecule has 2 rings (SSSR count). The van der Waals surface area contributed by atoms with Gasteiger partial charge in [-0.15, -0.1) is 0 Å². The Morgan fingerprint density at radius 3 is 2.39 bits per heavy atom. The maximum absolute atomic E-state index is 11.8. The fourth-order valence-electron chi connectivity index (χ4n) is 1.43. The van der Waals surface area contributed by atoms with Crippen molar-refractivity contribution in [1.82, 2.24) is 4.57 Å². The van der Waals surface area contributed by atoms with Crippen LogP contribution in [0.4, 0.5) is 0 Å². The molecule has 0 spiro atoms. The number of hydrogen-bond donors (Lipinski definition) is 0. The van der Waals surface area contributed by atoms with Crippen LogP contribution in [0, 0.1) is 4.84 Å². The Hall–Kier alpha value is -2.21. The largest absolute Gasteiger partial charge is 0.497 e. The molecule has 2 aromatic rings. The van der Waals surface area contributed by atoms with E-state index in [-0.39, 0.29) is 4.84 Å². The van der Waals surface area contributed by atoms with Gasteiger partial charge in [-0.1, -0.05) is 0 Å². The van der Waals surface area contributed by atoms with E-state index in [1.807, 2.05) is 0 Å². The monoisotopic (exact) mass is 263 g/mol. The molecule has 0 fully saturated rings. The zero-order chi connectivity index (χ0) is 13.1. The average Bonchev–Trinajstić information content (AvgIpc) is 2.49. The summed E-state index contributed by atoms with van der Waals surface area (Å²) in [6.45, 7) is 0. The van der Waals surface area contributed by atoms with E-state index >= 15 is 0 Å². The number of rotatable bonds is 2. The van der Waals surface area contributed by atoms with Crippen molar-refractivity contribution in [1.29, 1.82) is 0 Å². The second kappa shape index (κ2) is 4.97. The van der Waals surface area contributed by atoms with Gasteiger partial charge in [0.15, 0.2) is 0 Å². The highest BCUT2D eigenvalue weighted by molar-refractivity contribution is 7.71. The van der Waals surface area contributed by atoms with E-state index < -0.39 is 11.2 Å². The van der Waals surface area contributed by atoms with Crippen molar-refractivity contribution in [3.63, 3.8) is 0 Å². The van der Waals surface area contributed by atoms with E-state index in [9.17, 15) is 9.59 Å². The third kappa shape index (κ3) is 2.38. The molecule has 0 atom stereocenters. The van der Waals surface area contributed by atoms with Crippen molar-refractivity contribution in [2.24, 2.45) is 0 Å². The van der Waals surface area contributed by atoms with Gasteiger partial charge in [-0.3, -0.25) is 4.79 Å². The molecule has 1 aromatic carbocycles. The van der Waals surface area contributed by atoms with Crippen LogP contribution >= 0.6 is 12.2 Å². The Balaban J connectivity index is 2.72. The summed E-state index contributed by atoms with van der Waals surface area (Å²) in [5, 5.41) is 0. The minimum Gasteiger partial charge on any atom is -0.497 e. The van der Waals surface area contributed by atoms with Gasteiger partial charge in [0.05, 0.1) is 12.8 Å². The van der Waals surface area contributed by atoms with Gasteiger partial charge < -0.3 is 9.15 Å². The molecule has 18 heavy (non-hydrogen) atoms. The van der Waals surface area contributed by atoms with Gasteiger partial charge in [-0.25, -0.2) is 9.36 Å². The van der Waals surface area contributed by atoms with Crippen LogP contribution in [0.5, 0.6) is 5.75 Å². The molecule has 0 saturated carbocycles. The second-order valence-corrected chi connectivity index (χ2v) is 3.74. The van der Waals surface area contributed by atoms with E-state index in [0.717, 1.165) is 16.7 Å². The Morgan fingerprint density at radius 2 is 1.78 bits per heavy atom. The number of nitrogens with zero attached hydrogens (tertiary/aromatic N) is 1. The molecule has 5 nitrogen and oxygen atoms in total. The molecule has 0 bridgehead atoms. The summed E-state index contributed by atoms with van der Waals surface area (Å²) >= 11 is 4.90. The van der Waals surface area contributed by atoms with Crippen molar-refractivity contribution < 1.29 is 9.15 Å². The van der Waals surface area contributed by atoms with E-state index in [0.29, 0.717) is 11.4 Å². The van der Waals surface area contributed by atoms with Gasteiger partial charge in [0.1, 0.15) is 5.75 Å². The number of benzene rings is 1. The molecule has 0 saturated heterocycles. The van der Waals surface area contributed by atoms with Crippen LogP contribution in [0.3, 0.4) is 0 Å². The van der Waals surface area contributed by atoms with E-state index in [2.05, 4.69) is 0 Å². The van der Waals surface area contributed by atoms with E-state index in [1.165, 1.54) is 0 Å². The second-order valence-electron chi connectivity index (χ2n) is 3.39. The fourth-order valence-corrected chi connectivity index (χ4v) is 1.71. The summed E-state index contributed by atoms with van der Waals surface area (Å²) in [6, 6.07) is 8.82. The molecule has 6 heteroatoms. The number of methoxy groups -OCH3 is 1. The predicted octanol–water partition coefficient (Wildman–Crippen LogP) is 1.53. The SMILES string of the molecule is COc1ccc(-n2c(=O)ccc(=O)oc2=S)cc1. The topological polar surface area (TPSA) is 61.4 Å². The first-order valence-corrected chi connectivity index (χ1v) is 5.44. The maximum atomic E-state index is 11.8. The summed E-state index contributed by atoms with van der Waals surface area (Å²) in [5.74, 6) is 0.652. The Kier molecular flexibility index (Phi) is 3.38. The van der Waals surface area contributed by atoms with Crippen LogP contribution < -0.4 is 15.9 Å². The molecule has 0 aliphatic heterocycles. The first kappa shape index (κ1) is 12.3. The van der Waals surface area contributed by atoms with Gasteiger partial charge in [0.2, 0.25) is 0 Å². The number of hydrogen-bond acceptors (Lipinski definition) is 5. The van der Waals surface area contributed by atoms with E-state index in [1.54, 1.807) is 31.4 Å². The van der Waals surface area contributed by atoms with Crippen molar-refractivity contribution >= 4 is 12.2 Å². The minimum absolute atomic E-state index is 0.194. The van der Waals surface area contributed by atoms with Crippen LogP contribution in [0.25, 0.3) is 5.69 Å². The Labute approximate surface area is 107 Å². The van der Waals surface area contributed by atoms with Crippen LogP contribution in [-0.4, -0.2) is 11.7 Å². The first-order valence-electron chi connectivity index (χ1n) is 5.04. The van der Waals surface area contributed by atoms with Crippen LogP contribution in [0.15, 0.2) is 50.4 Å². The molecule has 0 N–H and O–H groups in total. The van der Waals surface area contributed by atoms with Crippen molar-refractivity contribution in [3.05, 3.63) is 62.0 Å². The minimum atomic E-state index is -0.663. The predicted molar refractivity (Wildman–Crippen MR) is 68.0 cm³/mol. The smallest absolute Gasteiger partial charge is 0.338 e. The van der Waals surface area contributed by atoms with Gasteiger partial charge in [0.25, 0.3) is 10.4 Å². The molecule has 1 heterocycles. The molecule has 92 valence electrons. The molecule has 0 radical (unpaired) electrons. The standard InChI is InChI=1S/C12H9NO4S/c1-16-9-4-2-8(3-5-9)13-10(14)6-7-11(15)17-12(13)18/h2-7H,1H3. The van der Waals surface area contributed by atoms with Gasteiger partial charge in [-0.05, 0) is 36.5 Å². The average molecular weight is 263 g/mol. The molecule has 0 unspecified atom stereocenters. The maximum Gasteiger partial charge on any atom is 0.338 e. The van der Waals surface area contributed by atoms with Gasteiger partial charge >= 0.3 is 5.63 Å². The lowest BCUT2D eigenvalue weighted by Crippen LogP contribution is -2.14. The lowest BCUT2D eigenvalue weighted by Gasteiger charge is -2.03. The summed E-state index contributed by atoms with van der Waals surface area (Å²) in [6.07, 6.45) is 0. The third-order valence-corrected chi connectivity index (χ3v) is 2.55. The van der Waals surface area contributed by atoms with Crippen LogP contribution in [-0.2, 0) is 0 Å². The summed E-state index contributed by atoms with van der Waals surface area (Å²) in [7, 11) is 1.54. The van der Waals surface area contributed by atoms with Gasteiger partial charge in [0, 0.05) is 12.1 Å². The molecule has 0 aliphatic rings. The zero-order valence-corrected chi connectivity index (χ0v) is 10.3. The molecular formula is C12H9NO4S. The highest BCUT2D eigenvalue weighted by atomic mass is 32.1. The highest BCUT2D eigenvalue weighted by Crippen LogP contribution is 2.13. The Bertz CT molecular complexity index is 730. The fraction of sp³-hybridized carbons (Fsp3) is 0.0833. The lowest BCUT2D eigenvalue weighted by atomic mass is 10.3. The molecule has 1 aromatic heterocycles. The third-order valence-electron chi connectivity index (χ3n) is 2.28.